The van der Waals surface area contributed by atoms with Crippen LogP contribution in [0.5, 0.6) is 0 Å². The van der Waals surface area contributed by atoms with Gasteiger partial charge in [0.15, 0.2) is 12.4 Å². The monoisotopic (exact) mass is 555 g/mol. The number of sulfonamides is 1. The summed E-state index contributed by atoms with van der Waals surface area (Å²) in [6.45, 7) is -0.421. The van der Waals surface area contributed by atoms with E-state index in [-0.39, 0.29) is 16.2 Å². The number of halogens is 1. The predicted octanol–water partition coefficient (Wildman–Crippen LogP) is 6.34. The van der Waals surface area contributed by atoms with Crippen molar-refractivity contribution in [2.24, 2.45) is 0 Å². The van der Waals surface area contributed by atoms with Crippen LogP contribution in [-0.2, 0) is 14.8 Å². The number of esters is 1. The number of benzene rings is 3. The lowest BCUT2D eigenvalue weighted by atomic mass is 9.84. The number of nitrogens with one attached hydrogen (secondary N) is 1. The molecule has 35 heavy (non-hydrogen) atoms. The maximum atomic E-state index is 12.7. The second kappa shape index (κ2) is 11.2. The highest BCUT2D eigenvalue weighted by molar-refractivity contribution is 9.10. The van der Waals surface area contributed by atoms with Crippen LogP contribution in [0.3, 0.4) is 0 Å². The molecule has 0 bridgehead atoms. The Morgan fingerprint density at radius 3 is 2.26 bits per heavy atom. The third-order valence-corrected chi connectivity index (χ3v) is 8.03. The van der Waals surface area contributed by atoms with Crippen LogP contribution in [-0.4, -0.2) is 26.8 Å². The first-order valence-electron chi connectivity index (χ1n) is 11.5. The van der Waals surface area contributed by atoms with Crippen molar-refractivity contribution >= 4 is 43.4 Å². The van der Waals surface area contributed by atoms with Gasteiger partial charge in [0.2, 0.25) is 0 Å². The fourth-order valence-electron chi connectivity index (χ4n) is 4.20. The first-order chi connectivity index (χ1) is 16.8. The topological polar surface area (TPSA) is 89.5 Å². The van der Waals surface area contributed by atoms with E-state index in [4.69, 9.17) is 4.74 Å². The summed E-state index contributed by atoms with van der Waals surface area (Å²) in [5.74, 6) is -0.528. The van der Waals surface area contributed by atoms with Crippen molar-refractivity contribution in [3.63, 3.8) is 0 Å². The number of Topliss-reactive ketones (excluding diaryl/α,β-unsaturated/α-hetero) is 1. The van der Waals surface area contributed by atoms with Gasteiger partial charge < -0.3 is 4.74 Å². The molecule has 0 radical (unpaired) electrons. The van der Waals surface area contributed by atoms with Gasteiger partial charge in [0, 0.05) is 15.7 Å². The van der Waals surface area contributed by atoms with Crippen LogP contribution < -0.4 is 4.72 Å². The van der Waals surface area contributed by atoms with E-state index < -0.39 is 22.6 Å². The van der Waals surface area contributed by atoms with Gasteiger partial charge in [-0.2, -0.15) is 0 Å². The first kappa shape index (κ1) is 25.1. The van der Waals surface area contributed by atoms with Crippen LogP contribution >= 0.6 is 15.9 Å². The molecule has 1 aliphatic carbocycles. The van der Waals surface area contributed by atoms with Crippen molar-refractivity contribution in [2.45, 2.75) is 42.9 Å². The molecule has 0 saturated heterocycles. The van der Waals surface area contributed by atoms with Gasteiger partial charge >= 0.3 is 5.97 Å². The number of ether oxygens (including phenoxy) is 1. The highest BCUT2D eigenvalue weighted by atomic mass is 79.9. The van der Waals surface area contributed by atoms with E-state index in [1.165, 1.54) is 61.9 Å². The second-order valence-corrected chi connectivity index (χ2v) is 11.2. The largest absolute Gasteiger partial charge is 0.454 e. The van der Waals surface area contributed by atoms with Crippen molar-refractivity contribution in [3.8, 4) is 0 Å². The summed E-state index contributed by atoms with van der Waals surface area (Å²) in [7, 11) is -3.91. The second-order valence-electron chi connectivity index (χ2n) is 8.60. The van der Waals surface area contributed by atoms with Gasteiger partial charge in [0.25, 0.3) is 10.0 Å². The zero-order chi connectivity index (χ0) is 24.8. The molecule has 182 valence electrons. The van der Waals surface area contributed by atoms with E-state index in [9.17, 15) is 18.0 Å². The van der Waals surface area contributed by atoms with Crippen LogP contribution in [0.2, 0.25) is 0 Å². The number of carbonyl (C=O) groups excluding carboxylic acids is 2. The Hall–Kier alpha value is -2.97. The van der Waals surface area contributed by atoms with E-state index in [0.717, 1.165) is 4.47 Å². The minimum absolute atomic E-state index is 0.0455. The first-order valence-corrected chi connectivity index (χ1v) is 13.8. The Morgan fingerprint density at radius 1 is 0.886 bits per heavy atom. The minimum atomic E-state index is -3.91. The van der Waals surface area contributed by atoms with Crippen LogP contribution in [0, 0.1) is 0 Å². The lowest BCUT2D eigenvalue weighted by molar-refractivity contribution is 0.0474. The van der Waals surface area contributed by atoms with Gasteiger partial charge in [-0.05, 0) is 66.8 Å². The maximum Gasteiger partial charge on any atom is 0.338 e. The fourth-order valence-corrected chi connectivity index (χ4v) is 5.57. The number of rotatable bonds is 8. The van der Waals surface area contributed by atoms with Crippen LogP contribution in [0.4, 0.5) is 5.69 Å². The highest BCUT2D eigenvalue weighted by Gasteiger charge is 2.19. The number of ketones is 1. The van der Waals surface area contributed by atoms with Gasteiger partial charge in [0.1, 0.15) is 0 Å². The van der Waals surface area contributed by atoms with Crippen LogP contribution in [0.25, 0.3) is 0 Å². The molecule has 1 fully saturated rings. The van der Waals surface area contributed by atoms with Gasteiger partial charge in [-0.1, -0.05) is 65.5 Å². The Kier molecular flexibility index (Phi) is 8.03. The van der Waals surface area contributed by atoms with Crippen molar-refractivity contribution in [2.75, 3.05) is 11.3 Å². The third kappa shape index (κ3) is 6.58. The predicted molar refractivity (Wildman–Crippen MR) is 138 cm³/mol. The smallest absolute Gasteiger partial charge is 0.338 e. The normalized spacial score (nSPS) is 14.3. The molecule has 1 saturated carbocycles. The maximum absolute atomic E-state index is 12.7. The van der Waals surface area contributed by atoms with Crippen molar-refractivity contribution < 1.29 is 22.7 Å². The van der Waals surface area contributed by atoms with Crippen LogP contribution in [0.15, 0.2) is 82.2 Å². The Balaban J connectivity index is 1.37. The summed E-state index contributed by atoms with van der Waals surface area (Å²) in [6.07, 6.45) is 6.12. The SMILES string of the molecule is O=C(COC(=O)c1cccc(S(=O)(=O)Nc2ccc(Br)cc2)c1)c1ccc(C2CCCCC2)cc1. The van der Waals surface area contributed by atoms with Gasteiger partial charge in [-0.25, -0.2) is 13.2 Å². The zero-order valence-electron chi connectivity index (χ0n) is 19.1. The molecule has 0 spiro atoms. The number of hydrogen-bond donors (Lipinski definition) is 1. The summed E-state index contributed by atoms with van der Waals surface area (Å²) < 4.78 is 33.9. The standard InChI is InChI=1S/C27H26BrNO5S/c28-23-13-15-24(16-14-23)29-35(32,33)25-8-4-7-22(17-25)27(31)34-18-26(30)21-11-9-20(10-12-21)19-5-2-1-3-6-19/h4,7-17,19,29H,1-3,5-6,18H2. The molecule has 6 nitrogen and oxygen atoms in total. The molecule has 0 heterocycles. The molecular formula is C27H26BrNO5S. The average Bonchev–Trinajstić information content (AvgIpc) is 2.89. The molecule has 3 aromatic rings. The van der Waals surface area contributed by atoms with Gasteiger partial charge in [-0.15, -0.1) is 0 Å². The van der Waals surface area contributed by atoms with Crippen LogP contribution in [0.1, 0.15) is 64.3 Å². The Labute approximate surface area is 213 Å². The Bertz CT molecular complexity index is 1300. The molecule has 0 aliphatic heterocycles. The van der Waals surface area contributed by atoms with E-state index >= 15 is 0 Å². The summed E-state index contributed by atoms with van der Waals surface area (Å²) in [5, 5.41) is 0. The number of anilines is 1. The van der Waals surface area contributed by atoms with E-state index in [0.29, 0.717) is 17.2 Å². The minimum Gasteiger partial charge on any atom is -0.454 e. The van der Waals surface area contributed by atoms with E-state index in [2.05, 4.69) is 20.7 Å². The van der Waals surface area contributed by atoms with Crippen molar-refractivity contribution in [1.82, 2.24) is 0 Å². The lowest BCUT2D eigenvalue weighted by Crippen LogP contribution is -2.16. The molecule has 8 heteroatoms. The molecule has 1 N–H and O–H groups in total. The summed E-state index contributed by atoms with van der Waals surface area (Å²) in [5.41, 5.74) is 2.16. The van der Waals surface area contributed by atoms with Gasteiger partial charge in [0.05, 0.1) is 10.5 Å². The summed E-state index contributed by atoms with van der Waals surface area (Å²) >= 11 is 3.30. The third-order valence-electron chi connectivity index (χ3n) is 6.12. The molecule has 0 aromatic heterocycles. The van der Waals surface area contributed by atoms with Crippen molar-refractivity contribution in [1.29, 1.82) is 0 Å². The lowest BCUT2D eigenvalue weighted by Gasteiger charge is -2.22. The molecule has 4 rings (SSSR count). The highest BCUT2D eigenvalue weighted by Crippen LogP contribution is 2.32. The molecule has 0 unspecified atom stereocenters. The summed E-state index contributed by atoms with van der Waals surface area (Å²) in [6, 6.07) is 19.7. The Morgan fingerprint density at radius 2 is 1.57 bits per heavy atom. The van der Waals surface area contributed by atoms with E-state index in [1.807, 2.05) is 12.1 Å². The molecular weight excluding hydrogens is 530 g/mol. The number of carbonyl (C=O) groups is 2. The molecule has 0 atom stereocenters. The average molecular weight is 556 g/mol. The fraction of sp³-hybridized carbons (Fsp3) is 0.259. The van der Waals surface area contributed by atoms with Crippen molar-refractivity contribution in [3.05, 3.63) is 94.0 Å². The summed E-state index contributed by atoms with van der Waals surface area (Å²) in [4.78, 5) is 25.0. The quantitative estimate of drug-likeness (QED) is 0.259. The molecule has 0 amide bonds. The molecule has 3 aromatic carbocycles. The zero-order valence-corrected chi connectivity index (χ0v) is 21.5. The molecule has 1 aliphatic rings. The van der Waals surface area contributed by atoms with E-state index in [1.54, 1.807) is 36.4 Å². The van der Waals surface area contributed by atoms with Gasteiger partial charge in [-0.3, -0.25) is 9.52 Å². The number of hydrogen-bond acceptors (Lipinski definition) is 5.